The van der Waals surface area contributed by atoms with Crippen molar-refractivity contribution in [2.24, 2.45) is 0 Å². The fraction of sp³-hybridized carbons (Fsp3) is 0.643. The molecule has 1 fully saturated rings. The molecule has 1 saturated carbocycles. The Kier molecular flexibility index (Phi) is 4.89. The SMILES string of the molecule is Cc1cnc(N)c(C(O)CSC2CCCCC2)c1. The molecule has 1 aliphatic carbocycles. The van der Waals surface area contributed by atoms with Crippen molar-refractivity contribution in [3.8, 4) is 0 Å². The topological polar surface area (TPSA) is 59.1 Å². The highest BCUT2D eigenvalue weighted by atomic mass is 32.2. The van der Waals surface area contributed by atoms with E-state index in [4.69, 9.17) is 5.73 Å². The van der Waals surface area contributed by atoms with Crippen molar-refractivity contribution in [1.29, 1.82) is 0 Å². The maximum atomic E-state index is 10.2. The van der Waals surface area contributed by atoms with Crippen molar-refractivity contribution < 1.29 is 5.11 Å². The van der Waals surface area contributed by atoms with Crippen LogP contribution in [0.2, 0.25) is 0 Å². The van der Waals surface area contributed by atoms with E-state index >= 15 is 0 Å². The fourth-order valence-corrected chi connectivity index (χ4v) is 3.72. The minimum Gasteiger partial charge on any atom is -0.387 e. The molecule has 2 rings (SSSR count). The molecule has 0 radical (unpaired) electrons. The molecule has 1 unspecified atom stereocenters. The van der Waals surface area contributed by atoms with Crippen molar-refractivity contribution >= 4 is 17.6 Å². The summed E-state index contributed by atoms with van der Waals surface area (Å²) in [6.45, 7) is 1.97. The third-order valence-electron chi connectivity index (χ3n) is 3.49. The lowest BCUT2D eigenvalue weighted by Gasteiger charge is -2.22. The fourth-order valence-electron chi connectivity index (χ4n) is 2.42. The Labute approximate surface area is 113 Å². The van der Waals surface area contributed by atoms with Crippen LogP contribution in [0, 0.1) is 6.92 Å². The minimum absolute atomic E-state index is 0.456. The van der Waals surface area contributed by atoms with E-state index in [2.05, 4.69) is 4.98 Å². The Morgan fingerprint density at radius 2 is 2.17 bits per heavy atom. The summed E-state index contributed by atoms with van der Waals surface area (Å²) >= 11 is 1.88. The summed E-state index contributed by atoms with van der Waals surface area (Å²) in [6, 6.07) is 1.94. The Balaban J connectivity index is 1.90. The van der Waals surface area contributed by atoms with Gasteiger partial charge >= 0.3 is 0 Å². The molecule has 1 aromatic rings. The zero-order valence-corrected chi connectivity index (χ0v) is 11.7. The number of aryl methyl sites for hydroxylation is 1. The molecule has 4 heteroatoms. The number of pyridine rings is 1. The van der Waals surface area contributed by atoms with E-state index < -0.39 is 6.10 Å². The lowest BCUT2D eigenvalue weighted by atomic mass is 10.0. The number of nitrogens with two attached hydrogens (primary N) is 1. The van der Waals surface area contributed by atoms with E-state index in [9.17, 15) is 5.11 Å². The molecule has 1 heterocycles. The maximum Gasteiger partial charge on any atom is 0.129 e. The molecular formula is C14H22N2OS. The number of rotatable bonds is 4. The maximum absolute atomic E-state index is 10.2. The average Bonchev–Trinajstić information content (AvgIpc) is 2.40. The van der Waals surface area contributed by atoms with Crippen LogP contribution in [0.4, 0.5) is 5.82 Å². The van der Waals surface area contributed by atoms with Gasteiger partial charge in [0.05, 0.1) is 6.10 Å². The second-order valence-electron chi connectivity index (χ2n) is 5.10. The third-order valence-corrected chi connectivity index (χ3v) is 4.94. The largest absolute Gasteiger partial charge is 0.387 e. The lowest BCUT2D eigenvalue weighted by Crippen LogP contribution is -2.12. The molecule has 18 heavy (non-hydrogen) atoms. The number of aliphatic hydroxyl groups excluding tert-OH is 1. The first-order valence-corrected chi connectivity index (χ1v) is 7.73. The van der Waals surface area contributed by atoms with Crippen LogP contribution >= 0.6 is 11.8 Å². The number of hydrogen-bond donors (Lipinski definition) is 2. The van der Waals surface area contributed by atoms with Gasteiger partial charge in [0.15, 0.2) is 0 Å². The van der Waals surface area contributed by atoms with E-state index in [-0.39, 0.29) is 0 Å². The summed E-state index contributed by atoms with van der Waals surface area (Å²) in [6.07, 6.45) is 7.86. The van der Waals surface area contributed by atoms with E-state index in [0.717, 1.165) is 16.9 Å². The highest BCUT2D eigenvalue weighted by Crippen LogP contribution is 2.31. The lowest BCUT2D eigenvalue weighted by molar-refractivity contribution is 0.204. The number of nitrogens with zero attached hydrogens (tertiary/aromatic N) is 1. The monoisotopic (exact) mass is 266 g/mol. The van der Waals surface area contributed by atoms with Crippen LogP contribution in [0.3, 0.4) is 0 Å². The van der Waals surface area contributed by atoms with E-state index in [1.165, 1.54) is 32.1 Å². The Morgan fingerprint density at radius 3 is 2.89 bits per heavy atom. The highest BCUT2D eigenvalue weighted by molar-refractivity contribution is 7.99. The molecule has 0 bridgehead atoms. The molecule has 3 nitrogen and oxygen atoms in total. The first-order valence-electron chi connectivity index (χ1n) is 6.68. The first-order chi connectivity index (χ1) is 8.66. The number of anilines is 1. The normalized spacial score (nSPS) is 18.8. The van der Waals surface area contributed by atoms with E-state index in [1.807, 2.05) is 24.8 Å². The molecule has 0 aromatic carbocycles. The zero-order chi connectivity index (χ0) is 13.0. The van der Waals surface area contributed by atoms with Crippen LogP contribution < -0.4 is 5.73 Å². The summed E-state index contributed by atoms with van der Waals surface area (Å²) in [5, 5.41) is 10.9. The smallest absolute Gasteiger partial charge is 0.129 e. The molecule has 1 aliphatic rings. The van der Waals surface area contributed by atoms with Crippen molar-refractivity contribution in [3.63, 3.8) is 0 Å². The Morgan fingerprint density at radius 1 is 1.44 bits per heavy atom. The van der Waals surface area contributed by atoms with Gasteiger partial charge < -0.3 is 10.8 Å². The van der Waals surface area contributed by atoms with Gasteiger partial charge in [0.25, 0.3) is 0 Å². The van der Waals surface area contributed by atoms with Gasteiger partial charge in [-0.3, -0.25) is 0 Å². The number of thioether (sulfide) groups is 1. The summed E-state index contributed by atoms with van der Waals surface area (Å²) in [5.74, 6) is 1.18. The van der Waals surface area contributed by atoms with Gasteiger partial charge in [-0.1, -0.05) is 19.3 Å². The van der Waals surface area contributed by atoms with Gasteiger partial charge in [-0.15, -0.1) is 0 Å². The Hall–Kier alpha value is -0.740. The molecule has 1 aromatic heterocycles. The quantitative estimate of drug-likeness (QED) is 0.879. The number of aliphatic hydroxyl groups is 1. The van der Waals surface area contributed by atoms with Crippen molar-refractivity contribution in [1.82, 2.24) is 4.98 Å². The van der Waals surface area contributed by atoms with Gasteiger partial charge in [0.2, 0.25) is 0 Å². The van der Waals surface area contributed by atoms with Crippen molar-refractivity contribution in [3.05, 3.63) is 23.4 Å². The molecule has 1 atom stereocenters. The van der Waals surface area contributed by atoms with Gasteiger partial charge in [0.1, 0.15) is 5.82 Å². The molecular weight excluding hydrogens is 244 g/mol. The molecule has 100 valence electrons. The molecule has 0 spiro atoms. The number of nitrogen functional groups attached to an aromatic ring is 1. The van der Waals surface area contributed by atoms with Gasteiger partial charge in [-0.2, -0.15) is 11.8 Å². The van der Waals surface area contributed by atoms with Gasteiger partial charge in [0, 0.05) is 22.8 Å². The van der Waals surface area contributed by atoms with Crippen molar-refractivity contribution in [2.45, 2.75) is 50.4 Å². The first kappa shape index (κ1) is 13.7. The van der Waals surface area contributed by atoms with Crippen LogP contribution in [-0.2, 0) is 0 Å². The number of hydrogen-bond acceptors (Lipinski definition) is 4. The van der Waals surface area contributed by atoms with Crippen LogP contribution in [0.1, 0.15) is 49.3 Å². The average molecular weight is 266 g/mol. The summed E-state index contributed by atoms with van der Waals surface area (Å²) < 4.78 is 0. The zero-order valence-electron chi connectivity index (χ0n) is 10.9. The molecule has 0 saturated heterocycles. The van der Waals surface area contributed by atoms with Gasteiger partial charge in [-0.25, -0.2) is 4.98 Å². The Bertz CT molecular complexity index is 391. The summed E-state index contributed by atoms with van der Waals surface area (Å²) in [7, 11) is 0. The van der Waals surface area contributed by atoms with Crippen LogP contribution in [-0.4, -0.2) is 21.1 Å². The summed E-state index contributed by atoms with van der Waals surface area (Å²) in [5.41, 5.74) is 7.64. The van der Waals surface area contributed by atoms with Crippen LogP contribution in [0.25, 0.3) is 0 Å². The van der Waals surface area contributed by atoms with Crippen LogP contribution in [0.15, 0.2) is 12.3 Å². The number of aromatic nitrogens is 1. The molecule has 0 amide bonds. The predicted octanol–water partition coefficient (Wildman–Crippen LogP) is 3.07. The summed E-state index contributed by atoms with van der Waals surface area (Å²) in [4.78, 5) is 4.10. The van der Waals surface area contributed by atoms with Crippen LogP contribution in [0.5, 0.6) is 0 Å². The predicted molar refractivity (Wildman–Crippen MR) is 77.7 cm³/mol. The standard InChI is InChI=1S/C14H22N2OS/c1-10-7-12(14(15)16-8-10)13(17)9-18-11-5-3-2-4-6-11/h7-8,11,13,17H,2-6,9H2,1H3,(H2,15,16). The van der Waals surface area contributed by atoms with E-state index in [0.29, 0.717) is 11.1 Å². The van der Waals surface area contributed by atoms with Crippen molar-refractivity contribution in [2.75, 3.05) is 11.5 Å². The molecule has 3 N–H and O–H groups in total. The molecule has 0 aliphatic heterocycles. The van der Waals surface area contributed by atoms with Gasteiger partial charge in [-0.05, 0) is 31.4 Å². The highest BCUT2D eigenvalue weighted by Gasteiger charge is 2.18. The second-order valence-corrected chi connectivity index (χ2v) is 6.43. The third kappa shape index (κ3) is 3.62. The minimum atomic E-state index is -0.496. The second kappa shape index (κ2) is 6.43. The van der Waals surface area contributed by atoms with E-state index in [1.54, 1.807) is 6.20 Å².